The molecule has 2 aromatic rings. The van der Waals surface area contributed by atoms with Crippen LogP contribution >= 0.6 is 0 Å². The van der Waals surface area contributed by atoms with Crippen molar-refractivity contribution in [2.24, 2.45) is 0 Å². The SMILES string of the molecule is C[C@@H](c1ccon1)N(C)C(=O)c1ccc(C#CC(C)(C)O)cc1. The Hall–Kier alpha value is -2.58. The minimum absolute atomic E-state index is 0.109. The second-order valence-electron chi connectivity index (χ2n) is 5.90. The molecule has 5 nitrogen and oxygen atoms in total. The van der Waals surface area contributed by atoms with Gasteiger partial charge < -0.3 is 14.5 Å². The molecule has 0 aliphatic carbocycles. The molecule has 0 aliphatic rings. The quantitative estimate of drug-likeness (QED) is 0.885. The maximum absolute atomic E-state index is 12.5. The van der Waals surface area contributed by atoms with Crippen molar-refractivity contribution >= 4 is 5.91 Å². The van der Waals surface area contributed by atoms with Crippen molar-refractivity contribution in [1.29, 1.82) is 0 Å². The van der Waals surface area contributed by atoms with Crippen LogP contribution in [0.3, 0.4) is 0 Å². The Balaban J connectivity index is 2.12. The van der Waals surface area contributed by atoms with Crippen molar-refractivity contribution in [2.45, 2.75) is 32.4 Å². The lowest BCUT2D eigenvalue weighted by Crippen LogP contribution is -2.29. The second kappa shape index (κ2) is 6.67. The molecule has 1 atom stereocenters. The fourth-order valence-electron chi connectivity index (χ4n) is 1.94. The van der Waals surface area contributed by atoms with Gasteiger partial charge in [0, 0.05) is 24.2 Å². The number of hydrogen-bond acceptors (Lipinski definition) is 4. The number of carbonyl (C=O) groups excluding carboxylic acids is 1. The Morgan fingerprint density at radius 2 is 1.96 bits per heavy atom. The van der Waals surface area contributed by atoms with E-state index < -0.39 is 5.60 Å². The molecule has 23 heavy (non-hydrogen) atoms. The van der Waals surface area contributed by atoms with Gasteiger partial charge in [0.1, 0.15) is 17.6 Å². The summed E-state index contributed by atoms with van der Waals surface area (Å²) >= 11 is 0. The van der Waals surface area contributed by atoms with Crippen LogP contribution in [0.1, 0.15) is 48.4 Å². The molecule has 2 rings (SSSR count). The lowest BCUT2D eigenvalue weighted by atomic mass is 10.1. The third-order valence-corrected chi connectivity index (χ3v) is 3.43. The van der Waals surface area contributed by atoms with Gasteiger partial charge in [0.15, 0.2) is 0 Å². The first-order valence-corrected chi connectivity index (χ1v) is 7.31. The minimum Gasteiger partial charge on any atom is -0.378 e. The van der Waals surface area contributed by atoms with Crippen LogP contribution in [0.5, 0.6) is 0 Å². The summed E-state index contributed by atoms with van der Waals surface area (Å²) in [6, 6.07) is 8.53. The van der Waals surface area contributed by atoms with Gasteiger partial charge in [-0.3, -0.25) is 4.79 Å². The van der Waals surface area contributed by atoms with Gasteiger partial charge in [0.2, 0.25) is 0 Å². The monoisotopic (exact) mass is 312 g/mol. The number of aliphatic hydroxyl groups is 1. The molecule has 1 heterocycles. The molecule has 1 aromatic carbocycles. The van der Waals surface area contributed by atoms with E-state index in [9.17, 15) is 9.90 Å². The number of amides is 1. The molecule has 0 saturated heterocycles. The van der Waals surface area contributed by atoms with Gasteiger partial charge >= 0.3 is 0 Å². The summed E-state index contributed by atoms with van der Waals surface area (Å²) in [6.45, 7) is 5.13. The first kappa shape index (κ1) is 16.8. The van der Waals surface area contributed by atoms with Crippen LogP contribution in [0.4, 0.5) is 0 Å². The van der Waals surface area contributed by atoms with Crippen LogP contribution < -0.4 is 0 Å². The maximum atomic E-state index is 12.5. The van der Waals surface area contributed by atoms with Crippen molar-refractivity contribution in [3.63, 3.8) is 0 Å². The average Bonchev–Trinajstić information content (AvgIpc) is 3.05. The minimum atomic E-state index is -1.04. The van der Waals surface area contributed by atoms with Crippen LogP contribution in [-0.4, -0.2) is 33.7 Å². The predicted molar refractivity (Wildman–Crippen MR) is 86.6 cm³/mol. The van der Waals surface area contributed by atoms with Gasteiger partial charge in [-0.1, -0.05) is 17.0 Å². The third kappa shape index (κ3) is 4.44. The summed E-state index contributed by atoms with van der Waals surface area (Å²) in [5.41, 5.74) is 0.975. The van der Waals surface area contributed by atoms with E-state index in [4.69, 9.17) is 4.52 Å². The molecule has 0 aliphatic heterocycles. The Labute approximate surface area is 135 Å². The number of rotatable bonds is 3. The van der Waals surface area contributed by atoms with Gasteiger partial charge in [-0.05, 0) is 45.0 Å². The molecule has 0 saturated carbocycles. The lowest BCUT2D eigenvalue weighted by Gasteiger charge is -2.23. The molecule has 0 radical (unpaired) electrons. The van der Waals surface area contributed by atoms with Gasteiger partial charge in [-0.2, -0.15) is 0 Å². The Bertz CT molecular complexity index is 716. The summed E-state index contributed by atoms with van der Waals surface area (Å²) in [5.74, 6) is 5.51. The Kier molecular flexibility index (Phi) is 4.87. The molecule has 0 fully saturated rings. The summed E-state index contributed by atoms with van der Waals surface area (Å²) < 4.78 is 4.82. The highest BCUT2D eigenvalue weighted by Gasteiger charge is 2.20. The van der Waals surface area contributed by atoms with E-state index in [1.807, 2.05) is 6.92 Å². The van der Waals surface area contributed by atoms with Crippen LogP contribution in [-0.2, 0) is 0 Å². The van der Waals surface area contributed by atoms with Gasteiger partial charge in [-0.25, -0.2) is 0 Å². The highest BCUT2D eigenvalue weighted by Crippen LogP contribution is 2.19. The molecule has 1 N–H and O–H groups in total. The van der Waals surface area contributed by atoms with E-state index in [0.29, 0.717) is 11.3 Å². The predicted octanol–water partition coefficient (Wildman–Crippen LogP) is 2.63. The van der Waals surface area contributed by atoms with Crippen LogP contribution in [0.15, 0.2) is 41.1 Å². The van der Waals surface area contributed by atoms with E-state index in [1.165, 1.54) is 6.26 Å². The fourth-order valence-corrected chi connectivity index (χ4v) is 1.94. The number of hydrogen-bond donors (Lipinski definition) is 1. The van der Waals surface area contributed by atoms with E-state index in [2.05, 4.69) is 17.0 Å². The smallest absolute Gasteiger partial charge is 0.254 e. The summed E-state index contributed by atoms with van der Waals surface area (Å²) in [5, 5.41) is 13.5. The van der Waals surface area contributed by atoms with Crippen molar-refractivity contribution in [2.75, 3.05) is 7.05 Å². The van der Waals surface area contributed by atoms with Gasteiger partial charge in [0.05, 0.1) is 6.04 Å². The van der Waals surface area contributed by atoms with Crippen LogP contribution in [0.2, 0.25) is 0 Å². The first-order chi connectivity index (χ1) is 10.8. The molecule has 0 bridgehead atoms. The van der Waals surface area contributed by atoms with E-state index >= 15 is 0 Å². The van der Waals surface area contributed by atoms with E-state index in [0.717, 1.165) is 5.56 Å². The zero-order valence-electron chi connectivity index (χ0n) is 13.7. The standard InChI is InChI=1S/C18H20N2O3/c1-13(16-10-12-23-19-16)20(4)17(21)15-7-5-14(6-8-15)9-11-18(2,3)22/h5-8,10,12-13,22H,1-4H3/t13-/m0/s1. The van der Waals surface area contributed by atoms with Crippen molar-refractivity contribution in [3.05, 3.63) is 53.4 Å². The molecular formula is C18H20N2O3. The second-order valence-corrected chi connectivity index (χ2v) is 5.90. The highest BCUT2D eigenvalue weighted by atomic mass is 16.5. The molecule has 120 valence electrons. The number of aromatic nitrogens is 1. The van der Waals surface area contributed by atoms with E-state index in [-0.39, 0.29) is 11.9 Å². The third-order valence-electron chi connectivity index (χ3n) is 3.43. The highest BCUT2D eigenvalue weighted by molar-refractivity contribution is 5.94. The van der Waals surface area contributed by atoms with Gasteiger partial charge in [0.25, 0.3) is 5.91 Å². The molecule has 0 unspecified atom stereocenters. The average molecular weight is 312 g/mol. The van der Waals surface area contributed by atoms with Crippen LogP contribution in [0.25, 0.3) is 0 Å². The number of nitrogens with zero attached hydrogens (tertiary/aromatic N) is 2. The molecule has 0 spiro atoms. The summed E-state index contributed by atoms with van der Waals surface area (Å²) in [6.07, 6.45) is 1.49. The first-order valence-electron chi connectivity index (χ1n) is 7.31. The normalized spacial score (nSPS) is 12.2. The fraction of sp³-hybridized carbons (Fsp3) is 0.333. The van der Waals surface area contributed by atoms with Gasteiger partial charge in [-0.15, -0.1) is 0 Å². The van der Waals surface area contributed by atoms with Crippen molar-refractivity contribution in [3.8, 4) is 11.8 Å². The largest absolute Gasteiger partial charge is 0.378 e. The topological polar surface area (TPSA) is 66.6 Å². The summed E-state index contributed by atoms with van der Waals surface area (Å²) in [4.78, 5) is 14.1. The summed E-state index contributed by atoms with van der Waals surface area (Å²) in [7, 11) is 1.73. The maximum Gasteiger partial charge on any atom is 0.254 e. The molecule has 1 amide bonds. The number of benzene rings is 1. The zero-order valence-corrected chi connectivity index (χ0v) is 13.7. The lowest BCUT2D eigenvalue weighted by molar-refractivity contribution is 0.0737. The molecule has 1 aromatic heterocycles. The van der Waals surface area contributed by atoms with Crippen LogP contribution in [0, 0.1) is 11.8 Å². The van der Waals surface area contributed by atoms with Crippen molar-refractivity contribution in [1.82, 2.24) is 10.1 Å². The van der Waals surface area contributed by atoms with E-state index in [1.54, 1.807) is 56.1 Å². The molecule has 5 heteroatoms. The number of carbonyl (C=O) groups is 1. The Morgan fingerprint density at radius 3 is 2.48 bits per heavy atom. The van der Waals surface area contributed by atoms with Crippen molar-refractivity contribution < 1.29 is 14.4 Å². The molecular weight excluding hydrogens is 292 g/mol. The zero-order chi connectivity index (χ0) is 17.0. The Morgan fingerprint density at radius 1 is 1.30 bits per heavy atom.